The molecule has 0 atom stereocenters. The summed E-state index contributed by atoms with van der Waals surface area (Å²) in [5.74, 6) is -1.07. The fourth-order valence-electron chi connectivity index (χ4n) is 3.11. The fraction of sp³-hybridized carbons (Fsp3) is 0.333. The average molecular weight is 464 g/mol. The number of carbonyl (C=O) groups is 2. The lowest BCUT2D eigenvalue weighted by Crippen LogP contribution is -2.38. The van der Waals surface area contributed by atoms with E-state index in [-0.39, 0.29) is 18.4 Å². The van der Waals surface area contributed by atoms with E-state index >= 15 is 0 Å². The molecule has 154 valence electrons. The third-order valence-electron chi connectivity index (χ3n) is 4.69. The first kappa shape index (κ1) is 21.3. The highest BCUT2D eigenvalue weighted by molar-refractivity contribution is 9.10. The third kappa shape index (κ3) is 5.55. The highest BCUT2D eigenvalue weighted by Gasteiger charge is 2.20. The summed E-state index contributed by atoms with van der Waals surface area (Å²) in [4.78, 5) is 28.8. The lowest BCUT2D eigenvalue weighted by Gasteiger charge is -2.29. The van der Waals surface area contributed by atoms with Crippen LogP contribution in [0.1, 0.15) is 17.3 Å². The molecule has 0 aliphatic carbocycles. The van der Waals surface area contributed by atoms with Crippen LogP contribution in [0.2, 0.25) is 0 Å². The number of anilines is 2. The summed E-state index contributed by atoms with van der Waals surface area (Å²) < 4.78 is 19.0. The van der Waals surface area contributed by atoms with Gasteiger partial charge in [-0.2, -0.15) is 0 Å². The molecule has 1 N–H and O–H groups in total. The molecule has 3 rings (SSSR count). The Balaban J connectivity index is 1.60. The molecule has 1 aliphatic rings. The quantitative estimate of drug-likeness (QED) is 0.711. The van der Waals surface area contributed by atoms with Crippen molar-refractivity contribution < 1.29 is 18.7 Å². The average Bonchev–Trinajstić information content (AvgIpc) is 2.73. The minimum Gasteiger partial charge on any atom is -0.378 e. The lowest BCUT2D eigenvalue weighted by molar-refractivity contribution is -0.116. The second-order valence-corrected chi connectivity index (χ2v) is 7.49. The van der Waals surface area contributed by atoms with Crippen molar-refractivity contribution in [3.05, 3.63) is 58.3 Å². The number of benzene rings is 2. The molecule has 1 aliphatic heterocycles. The zero-order valence-electron chi connectivity index (χ0n) is 16.2. The minimum absolute atomic E-state index is 0.0929. The Labute approximate surface area is 177 Å². The molecule has 29 heavy (non-hydrogen) atoms. The Morgan fingerprint density at radius 3 is 2.48 bits per heavy atom. The van der Waals surface area contributed by atoms with Gasteiger partial charge in [0.25, 0.3) is 5.91 Å². The zero-order chi connectivity index (χ0) is 20.8. The van der Waals surface area contributed by atoms with E-state index < -0.39 is 5.82 Å². The van der Waals surface area contributed by atoms with Crippen molar-refractivity contribution in [1.29, 1.82) is 0 Å². The summed E-state index contributed by atoms with van der Waals surface area (Å²) >= 11 is 3.20. The van der Waals surface area contributed by atoms with Gasteiger partial charge >= 0.3 is 0 Å². The molecule has 1 fully saturated rings. The summed E-state index contributed by atoms with van der Waals surface area (Å²) in [6, 6.07) is 11.5. The molecular formula is C21H23BrFN3O3. The molecule has 1 saturated heterocycles. The van der Waals surface area contributed by atoms with Gasteiger partial charge in [0.1, 0.15) is 12.4 Å². The van der Waals surface area contributed by atoms with Crippen LogP contribution in [0.15, 0.2) is 46.9 Å². The van der Waals surface area contributed by atoms with Crippen LogP contribution < -0.4 is 10.2 Å². The molecule has 0 spiro atoms. The van der Waals surface area contributed by atoms with Crippen molar-refractivity contribution in [3.63, 3.8) is 0 Å². The zero-order valence-corrected chi connectivity index (χ0v) is 17.7. The Kier molecular flexibility index (Phi) is 7.22. The second kappa shape index (κ2) is 9.84. The topological polar surface area (TPSA) is 61.9 Å². The smallest absolute Gasteiger partial charge is 0.255 e. The Morgan fingerprint density at radius 1 is 1.17 bits per heavy atom. The van der Waals surface area contributed by atoms with Crippen LogP contribution in [0.5, 0.6) is 0 Å². The van der Waals surface area contributed by atoms with Crippen LogP contribution in [0.3, 0.4) is 0 Å². The number of nitrogens with one attached hydrogen (secondary N) is 1. The van der Waals surface area contributed by atoms with Crippen molar-refractivity contribution in [3.8, 4) is 0 Å². The van der Waals surface area contributed by atoms with E-state index in [0.29, 0.717) is 35.5 Å². The van der Waals surface area contributed by atoms with Crippen molar-refractivity contribution in [2.45, 2.75) is 6.92 Å². The first-order valence-electron chi connectivity index (χ1n) is 9.45. The number of halogens is 2. The molecule has 6 nitrogen and oxygen atoms in total. The van der Waals surface area contributed by atoms with E-state index in [4.69, 9.17) is 4.74 Å². The van der Waals surface area contributed by atoms with Crippen LogP contribution >= 0.6 is 15.9 Å². The summed E-state index contributed by atoms with van der Waals surface area (Å²) in [5, 5.41) is 2.82. The minimum atomic E-state index is -0.435. The van der Waals surface area contributed by atoms with Crippen LogP contribution in [0.4, 0.5) is 15.8 Å². The maximum atomic E-state index is 13.3. The molecule has 8 heteroatoms. The second-order valence-electron chi connectivity index (χ2n) is 6.64. The van der Waals surface area contributed by atoms with Gasteiger partial charge in [-0.05, 0) is 65.3 Å². The molecule has 0 bridgehead atoms. The van der Waals surface area contributed by atoms with Gasteiger partial charge in [-0.1, -0.05) is 0 Å². The molecule has 0 saturated carbocycles. The van der Waals surface area contributed by atoms with Crippen molar-refractivity contribution >= 4 is 39.1 Å². The number of hydrogen-bond acceptors (Lipinski definition) is 4. The van der Waals surface area contributed by atoms with Gasteiger partial charge in [0.15, 0.2) is 0 Å². The lowest BCUT2D eigenvalue weighted by atomic mass is 10.2. The van der Waals surface area contributed by atoms with E-state index in [1.54, 1.807) is 6.92 Å². The standard InChI is InChI=1S/C21H23BrFN3O3/c1-2-25(21(28)18-8-3-15(23)13-19(18)22)14-20(27)24-16-4-6-17(7-5-16)26-9-11-29-12-10-26/h3-8,13H,2,9-12,14H2,1H3,(H,24,27). The number of ether oxygens (including phenoxy) is 1. The Hall–Kier alpha value is -2.45. The number of likely N-dealkylation sites (N-methyl/N-ethyl adjacent to an activating group) is 1. The Morgan fingerprint density at radius 2 is 1.86 bits per heavy atom. The fourth-order valence-corrected chi connectivity index (χ4v) is 3.63. The van der Waals surface area contributed by atoms with Crippen molar-refractivity contribution in [2.24, 2.45) is 0 Å². The number of morpholine rings is 1. The number of nitrogens with zero attached hydrogens (tertiary/aromatic N) is 2. The maximum absolute atomic E-state index is 13.3. The molecule has 0 unspecified atom stereocenters. The molecule has 1 heterocycles. The summed E-state index contributed by atoms with van der Waals surface area (Å²) in [6.07, 6.45) is 0. The predicted octanol–water partition coefficient (Wildman–Crippen LogP) is 3.53. The first-order valence-corrected chi connectivity index (χ1v) is 10.2. The van der Waals surface area contributed by atoms with Crippen molar-refractivity contribution in [2.75, 3.05) is 49.6 Å². The van der Waals surface area contributed by atoms with E-state index in [1.165, 1.54) is 23.1 Å². The van der Waals surface area contributed by atoms with E-state index in [2.05, 4.69) is 26.1 Å². The number of rotatable bonds is 6. The molecule has 0 aromatic heterocycles. The van der Waals surface area contributed by atoms with Gasteiger partial charge in [-0.15, -0.1) is 0 Å². The molecule has 2 amide bonds. The first-order chi connectivity index (χ1) is 14.0. The van der Waals surface area contributed by atoms with Gasteiger partial charge in [-0.25, -0.2) is 4.39 Å². The predicted molar refractivity (Wildman–Crippen MR) is 114 cm³/mol. The van der Waals surface area contributed by atoms with E-state index in [9.17, 15) is 14.0 Å². The number of hydrogen-bond donors (Lipinski definition) is 1. The summed E-state index contributed by atoms with van der Waals surface area (Å²) in [7, 11) is 0. The van der Waals surface area contributed by atoms with Crippen LogP contribution in [-0.4, -0.2) is 56.1 Å². The molecule has 0 radical (unpaired) electrons. The van der Waals surface area contributed by atoms with E-state index in [0.717, 1.165) is 18.8 Å². The largest absolute Gasteiger partial charge is 0.378 e. The summed E-state index contributed by atoms with van der Waals surface area (Å²) in [5.41, 5.74) is 2.06. The van der Waals surface area contributed by atoms with Crippen LogP contribution in [-0.2, 0) is 9.53 Å². The van der Waals surface area contributed by atoms with Gasteiger partial charge < -0.3 is 19.9 Å². The van der Waals surface area contributed by atoms with E-state index in [1.807, 2.05) is 24.3 Å². The SMILES string of the molecule is CCN(CC(=O)Nc1ccc(N2CCOCC2)cc1)C(=O)c1ccc(F)cc1Br. The molecular weight excluding hydrogens is 441 g/mol. The van der Waals surface area contributed by atoms with Gasteiger partial charge in [-0.3, -0.25) is 9.59 Å². The maximum Gasteiger partial charge on any atom is 0.255 e. The molecule has 2 aromatic rings. The highest BCUT2D eigenvalue weighted by Crippen LogP contribution is 2.21. The van der Waals surface area contributed by atoms with Gasteiger partial charge in [0.05, 0.1) is 18.8 Å². The number of carbonyl (C=O) groups excluding carboxylic acids is 2. The highest BCUT2D eigenvalue weighted by atomic mass is 79.9. The van der Waals surface area contributed by atoms with Gasteiger partial charge in [0.2, 0.25) is 5.91 Å². The van der Waals surface area contributed by atoms with Crippen molar-refractivity contribution in [1.82, 2.24) is 4.90 Å². The van der Waals surface area contributed by atoms with Crippen LogP contribution in [0, 0.1) is 5.82 Å². The normalized spacial score (nSPS) is 13.8. The molecule has 2 aromatic carbocycles. The monoisotopic (exact) mass is 463 g/mol. The van der Waals surface area contributed by atoms with Gasteiger partial charge in [0, 0.05) is 35.5 Å². The van der Waals surface area contributed by atoms with Crippen LogP contribution in [0.25, 0.3) is 0 Å². The number of amides is 2. The third-order valence-corrected chi connectivity index (χ3v) is 5.35. The Bertz CT molecular complexity index is 870. The summed E-state index contributed by atoms with van der Waals surface area (Å²) in [6.45, 7) is 5.17.